The molecule has 0 aliphatic heterocycles. The molecule has 0 fully saturated rings. The third-order valence-electron chi connectivity index (χ3n) is 3.10. The van der Waals surface area contributed by atoms with Crippen LogP contribution in [-0.2, 0) is 12.8 Å². The van der Waals surface area contributed by atoms with Crippen molar-refractivity contribution in [3.63, 3.8) is 0 Å². The lowest BCUT2D eigenvalue weighted by atomic mass is 10.1. The van der Waals surface area contributed by atoms with Crippen molar-refractivity contribution >= 4 is 11.6 Å². The van der Waals surface area contributed by atoms with Crippen LogP contribution in [0, 0.1) is 0 Å². The molecule has 2 rings (SSSR count). The number of hydrogen-bond donors (Lipinski definition) is 2. The van der Waals surface area contributed by atoms with Crippen molar-refractivity contribution < 1.29 is 4.79 Å². The van der Waals surface area contributed by atoms with Crippen molar-refractivity contribution in [1.29, 1.82) is 0 Å². The Morgan fingerprint density at radius 2 is 2.10 bits per heavy atom. The smallest absolute Gasteiger partial charge is 0.251 e. The predicted octanol–water partition coefficient (Wildman–Crippen LogP) is 1.33. The number of nitrogen functional groups attached to an aromatic ring is 1. The summed E-state index contributed by atoms with van der Waals surface area (Å²) in [7, 11) is 1.59. The summed E-state index contributed by atoms with van der Waals surface area (Å²) in [6, 6.07) is 5.19. The number of rotatable bonds is 4. The average Bonchev–Trinajstić information content (AvgIpc) is 2.89. The Hall–Kier alpha value is -2.37. The van der Waals surface area contributed by atoms with E-state index >= 15 is 0 Å². The maximum atomic E-state index is 11.6. The van der Waals surface area contributed by atoms with Gasteiger partial charge in [-0.2, -0.15) is 5.10 Å². The molecule has 106 valence electrons. The second-order valence-corrected chi connectivity index (χ2v) is 4.42. The zero-order chi connectivity index (χ0) is 14.7. The van der Waals surface area contributed by atoms with Crippen LogP contribution in [0.4, 0.5) is 5.69 Å². The first kappa shape index (κ1) is 14.0. The molecule has 1 heterocycles. The van der Waals surface area contributed by atoms with E-state index in [4.69, 9.17) is 5.73 Å². The van der Waals surface area contributed by atoms with Gasteiger partial charge in [0.2, 0.25) is 0 Å². The predicted molar refractivity (Wildman–Crippen MR) is 77.9 cm³/mol. The fourth-order valence-corrected chi connectivity index (χ4v) is 2.00. The number of nitrogens with one attached hydrogen (secondary N) is 1. The number of amides is 1. The van der Waals surface area contributed by atoms with Gasteiger partial charge < -0.3 is 11.1 Å². The fourth-order valence-electron chi connectivity index (χ4n) is 2.00. The van der Waals surface area contributed by atoms with E-state index in [9.17, 15) is 4.79 Å². The van der Waals surface area contributed by atoms with Gasteiger partial charge in [-0.25, -0.2) is 9.67 Å². The van der Waals surface area contributed by atoms with E-state index in [-0.39, 0.29) is 5.91 Å². The molecule has 1 aromatic heterocycles. The Balaban J connectivity index is 2.48. The molecule has 2 aromatic rings. The molecule has 0 spiro atoms. The molecular weight excluding hydrogens is 254 g/mol. The molecule has 6 nitrogen and oxygen atoms in total. The van der Waals surface area contributed by atoms with Crippen LogP contribution in [0.1, 0.15) is 35.9 Å². The van der Waals surface area contributed by atoms with Crippen LogP contribution in [0.25, 0.3) is 5.69 Å². The van der Waals surface area contributed by atoms with Crippen LogP contribution in [0.3, 0.4) is 0 Å². The third-order valence-corrected chi connectivity index (χ3v) is 3.10. The van der Waals surface area contributed by atoms with Gasteiger partial charge in [-0.3, -0.25) is 4.79 Å². The number of aryl methyl sites for hydroxylation is 2. The molecule has 0 aliphatic carbocycles. The monoisotopic (exact) mass is 273 g/mol. The van der Waals surface area contributed by atoms with E-state index in [2.05, 4.69) is 15.4 Å². The van der Waals surface area contributed by atoms with Crippen molar-refractivity contribution in [1.82, 2.24) is 20.1 Å². The highest BCUT2D eigenvalue weighted by Gasteiger charge is 2.13. The summed E-state index contributed by atoms with van der Waals surface area (Å²) < 4.78 is 1.75. The summed E-state index contributed by atoms with van der Waals surface area (Å²) in [6.07, 6.45) is 1.54. The zero-order valence-corrected chi connectivity index (χ0v) is 12.0. The number of carbonyl (C=O) groups excluding carboxylic acids is 1. The maximum absolute atomic E-state index is 11.6. The van der Waals surface area contributed by atoms with Gasteiger partial charge in [0.25, 0.3) is 5.91 Å². The molecule has 0 atom stereocenters. The fraction of sp³-hybridized carbons (Fsp3) is 0.357. The first-order valence-electron chi connectivity index (χ1n) is 6.67. The molecule has 0 saturated carbocycles. The minimum absolute atomic E-state index is 0.160. The van der Waals surface area contributed by atoms with E-state index in [1.807, 2.05) is 13.8 Å². The summed E-state index contributed by atoms with van der Waals surface area (Å²) in [6.45, 7) is 4.03. The van der Waals surface area contributed by atoms with Crippen LogP contribution >= 0.6 is 0 Å². The normalized spacial score (nSPS) is 10.6. The standard InChI is InChI=1S/C14H19N5O/c1-4-12-17-13(5-2)19(18-12)11-7-6-9(8-10(11)15)14(20)16-3/h6-8H,4-5,15H2,1-3H3,(H,16,20). The maximum Gasteiger partial charge on any atom is 0.251 e. The number of carbonyl (C=O) groups is 1. The van der Waals surface area contributed by atoms with Gasteiger partial charge >= 0.3 is 0 Å². The Morgan fingerprint density at radius 1 is 1.35 bits per heavy atom. The summed E-state index contributed by atoms with van der Waals surface area (Å²) in [4.78, 5) is 16.0. The van der Waals surface area contributed by atoms with E-state index in [0.717, 1.165) is 30.2 Å². The van der Waals surface area contributed by atoms with Gasteiger partial charge in [-0.1, -0.05) is 13.8 Å². The van der Waals surface area contributed by atoms with Crippen molar-refractivity contribution in [2.75, 3.05) is 12.8 Å². The highest BCUT2D eigenvalue weighted by atomic mass is 16.1. The quantitative estimate of drug-likeness (QED) is 0.823. The zero-order valence-electron chi connectivity index (χ0n) is 12.0. The molecule has 1 amide bonds. The number of hydrogen-bond acceptors (Lipinski definition) is 4. The van der Waals surface area contributed by atoms with Crippen LogP contribution in [0.15, 0.2) is 18.2 Å². The SMILES string of the molecule is CCc1nc(CC)n(-c2ccc(C(=O)NC)cc2N)n1. The van der Waals surface area contributed by atoms with Gasteiger partial charge in [0.15, 0.2) is 5.82 Å². The second-order valence-electron chi connectivity index (χ2n) is 4.42. The lowest BCUT2D eigenvalue weighted by molar-refractivity contribution is 0.0963. The van der Waals surface area contributed by atoms with Crippen molar-refractivity contribution in [2.45, 2.75) is 26.7 Å². The van der Waals surface area contributed by atoms with Crippen molar-refractivity contribution in [3.8, 4) is 5.69 Å². The summed E-state index contributed by atoms with van der Waals surface area (Å²) in [5.74, 6) is 1.49. The van der Waals surface area contributed by atoms with Crippen molar-refractivity contribution in [2.24, 2.45) is 0 Å². The number of benzene rings is 1. The highest BCUT2D eigenvalue weighted by Crippen LogP contribution is 2.20. The lowest BCUT2D eigenvalue weighted by Gasteiger charge is -2.09. The lowest BCUT2D eigenvalue weighted by Crippen LogP contribution is -2.18. The first-order chi connectivity index (χ1) is 9.60. The summed E-state index contributed by atoms with van der Waals surface area (Å²) in [5, 5.41) is 7.02. The van der Waals surface area contributed by atoms with Gasteiger partial charge in [0.05, 0.1) is 11.4 Å². The molecule has 0 bridgehead atoms. The Kier molecular flexibility index (Phi) is 4.02. The molecule has 1 aromatic carbocycles. The van der Waals surface area contributed by atoms with E-state index < -0.39 is 0 Å². The van der Waals surface area contributed by atoms with Crippen LogP contribution in [0.5, 0.6) is 0 Å². The number of nitrogens with zero attached hydrogens (tertiary/aromatic N) is 3. The second kappa shape index (κ2) is 5.73. The van der Waals surface area contributed by atoms with Crippen molar-refractivity contribution in [3.05, 3.63) is 35.4 Å². The van der Waals surface area contributed by atoms with Crippen LogP contribution < -0.4 is 11.1 Å². The summed E-state index contributed by atoms with van der Waals surface area (Å²) >= 11 is 0. The average molecular weight is 273 g/mol. The first-order valence-corrected chi connectivity index (χ1v) is 6.67. The van der Waals surface area contributed by atoms with Gasteiger partial charge in [0.1, 0.15) is 5.82 Å². The minimum atomic E-state index is -0.160. The molecule has 0 radical (unpaired) electrons. The van der Waals surface area contributed by atoms with Crippen LogP contribution in [-0.4, -0.2) is 27.7 Å². The Labute approximate surface area is 118 Å². The number of aromatic nitrogens is 3. The molecule has 6 heteroatoms. The molecular formula is C14H19N5O. The topological polar surface area (TPSA) is 85.8 Å². The van der Waals surface area contributed by atoms with E-state index in [0.29, 0.717) is 11.3 Å². The Morgan fingerprint density at radius 3 is 2.65 bits per heavy atom. The molecule has 0 aliphatic rings. The molecule has 3 N–H and O–H groups in total. The van der Waals surface area contributed by atoms with E-state index in [1.165, 1.54) is 0 Å². The minimum Gasteiger partial charge on any atom is -0.397 e. The Bertz CT molecular complexity index is 632. The molecule has 0 saturated heterocycles. The van der Waals surface area contributed by atoms with Crippen LogP contribution in [0.2, 0.25) is 0 Å². The third kappa shape index (κ3) is 2.49. The molecule has 20 heavy (non-hydrogen) atoms. The summed E-state index contributed by atoms with van der Waals surface area (Å²) in [5.41, 5.74) is 7.84. The number of nitrogens with two attached hydrogens (primary N) is 1. The number of anilines is 1. The largest absolute Gasteiger partial charge is 0.397 e. The molecule has 0 unspecified atom stereocenters. The van der Waals surface area contributed by atoms with E-state index in [1.54, 1.807) is 29.9 Å². The van der Waals surface area contributed by atoms with Gasteiger partial charge in [-0.15, -0.1) is 0 Å². The highest BCUT2D eigenvalue weighted by molar-refractivity contribution is 5.95. The van der Waals surface area contributed by atoms with Gasteiger partial charge in [-0.05, 0) is 18.2 Å². The van der Waals surface area contributed by atoms with Gasteiger partial charge in [0, 0.05) is 25.5 Å².